The second-order valence-corrected chi connectivity index (χ2v) is 13.8. The number of hydrogen-bond donors (Lipinski definition) is 2. The highest BCUT2D eigenvalue weighted by molar-refractivity contribution is 7.89. The molecule has 0 unspecified atom stereocenters. The summed E-state index contributed by atoms with van der Waals surface area (Å²) in [4.78, 5) is 40.0. The predicted octanol–water partition coefficient (Wildman–Crippen LogP) is 3.03. The van der Waals surface area contributed by atoms with E-state index in [-0.39, 0.29) is 11.4 Å². The molecule has 3 amide bonds. The van der Waals surface area contributed by atoms with Crippen LogP contribution in [0.3, 0.4) is 0 Å². The number of nitrogens with one attached hydrogen (secondary N) is 1. The van der Waals surface area contributed by atoms with Crippen molar-refractivity contribution in [3.8, 4) is 11.5 Å². The first kappa shape index (κ1) is 35.6. The zero-order valence-corrected chi connectivity index (χ0v) is 28.3. The molecule has 3 atom stereocenters. The van der Waals surface area contributed by atoms with Gasteiger partial charge in [-0.3, -0.25) is 0 Å². The molecule has 47 heavy (non-hydrogen) atoms. The number of carbonyl (C=O) groups is 3. The molecule has 15 nitrogen and oxygen atoms in total. The van der Waals surface area contributed by atoms with Crippen molar-refractivity contribution in [3.05, 3.63) is 53.6 Å². The van der Waals surface area contributed by atoms with Crippen LogP contribution in [0.4, 0.5) is 14.4 Å². The number of benzene rings is 2. The molecule has 4 rings (SSSR count). The fourth-order valence-corrected chi connectivity index (χ4v) is 6.90. The topological polar surface area (TPSA) is 173 Å². The lowest BCUT2D eigenvalue weighted by Gasteiger charge is -2.50. The minimum atomic E-state index is -4.21. The molecule has 0 aromatic heterocycles. The smallest absolute Gasteiger partial charge is 0.429 e. The summed E-state index contributed by atoms with van der Waals surface area (Å²) in [6.07, 6.45) is -5.69. The van der Waals surface area contributed by atoms with E-state index in [0.717, 1.165) is 19.9 Å². The van der Waals surface area contributed by atoms with Crippen LogP contribution in [0.25, 0.3) is 0 Å². The van der Waals surface area contributed by atoms with E-state index in [1.807, 2.05) is 6.92 Å². The molecule has 16 heteroatoms. The maximum absolute atomic E-state index is 13.8. The summed E-state index contributed by atoms with van der Waals surface area (Å²) >= 11 is 0. The van der Waals surface area contributed by atoms with Crippen LogP contribution in [0.1, 0.15) is 38.8 Å². The molecule has 258 valence electrons. The number of sulfonamides is 1. The van der Waals surface area contributed by atoms with Crippen molar-refractivity contribution in [3.63, 3.8) is 0 Å². The molecule has 2 fully saturated rings. The van der Waals surface area contributed by atoms with Crippen LogP contribution in [-0.4, -0.2) is 110 Å². The van der Waals surface area contributed by atoms with E-state index in [4.69, 9.17) is 23.7 Å². The molecule has 0 aliphatic carbocycles. The number of amides is 3. The molecule has 0 radical (unpaired) electrons. The van der Waals surface area contributed by atoms with Crippen LogP contribution in [0, 0.1) is 6.92 Å². The van der Waals surface area contributed by atoms with Gasteiger partial charge < -0.3 is 34.1 Å². The minimum absolute atomic E-state index is 0.00631. The largest absolute Gasteiger partial charge is 0.493 e. The Kier molecular flexibility index (Phi) is 10.8. The van der Waals surface area contributed by atoms with Crippen molar-refractivity contribution in [2.45, 2.75) is 76.0 Å². The van der Waals surface area contributed by atoms with E-state index >= 15 is 0 Å². The molecule has 2 aromatic carbocycles. The Balaban J connectivity index is 1.68. The number of aliphatic hydroxyl groups is 1. The number of hydrazine groups is 1. The molecule has 2 saturated heterocycles. The van der Waals surface area contributed by atoms with E-state index in [9.17, 15) is 27.9 Å². The quantitative estimate of drug-likeness (QED) is 0.373. The Hall–Kier alpha value is -4.28. The molecule has 0 bridgehead atoms. The monoisotopic (exact) mass is 678 g/mol. The van der Waals surface area contributed by atoms with Gasteiger partial charge in [-0.1, -0.05) is 23.8 Å². The number of methoxy groups -OCH3 is 2. The van der Waals surface area contributed by atoms with Gasteiger partial charge in [-0.2, -0.15) is 4.31 Å². The molecular formula is C31H42N4O11S. The number of carbonyl (C=O) groups excluding carboxylic acids is 3. The summed E-state index contributed by atoms with van der Waals surface area (Å²) in [5.74, 6) is 0.938. The fourth-order valence-electron chi connectivity index (χ4n) is 5.40. The summed E-state index contributed by atoms with van der Waals surface area (Å²) in [5, 5.41) is 16.6. The first-order valence-corrected chi connectivity index (χ1v) is 16.5. The van der Waals surface area contributed by atoms with Crippen molar-refractivity contribution in [2.75, 3.05) is 33.9 Å². The van der Waals surface area contributed by atoms with Crippen LogP contribution in [-0.2, 0) is 30.8 Å². The highest BCUT2D eigenvalue weighted by Crippen LogP contribution is 2.39. The Morgan fingerprint density at radius 2 is 1.55 bits per heavy atom. The lowest BCUT2D eigenvalue weighted by molar-refractivity contribution is -0.191. The average Bonchev–Trinajstić information content (AvgIpc) is 3.38. The second-order valence-electron chi connectivity index (χ2n) is 11.8. The van der Waals surface area contributed by atoms with Crippen molar-refractivity contribution in [1.29, 1.82) is 0 Å². The van der Waals surface area contributed by atoms with Crippen molar-refractivity contribution in [2.24, 2.45) is 0 Å². The summed E-state index contributed by atoms with van der Waals surface area (Å²) < 4.78 is 55.6. The summed E-state index contributed by atoms with van der Waals surface area (Å²) in [6, 6.07) is 9.76. The first-order chi connectivity index (χ1) is 22.1. The lowest BCUT2D eigenvalue weighted by atomic mass is 9.88. The van der Waals surface area contributed by atoms with Crippen LogP contribution in [0.15, 0.2) is 47.4 Å². The third-order valence-electron chi connectivity index (χ3n) is 7.70. The number of hydrogen-bond acceptors (Lipinski definition) is 11. The molecule has 0 spiro atoms. The summed E-state index contributed by atoms with van der Waals surface area (Å²) in [5.41, 5.74) is -0.684. The molecule has 2 aliphatic rings. The zero-order valence-electron chi connectivity index (χ0n) is 27.5. The summed E-state index contributed by atoms with van der Waals surface area (Å²) in [6.45, 7) is 6.67. The standard InChI is InChI=1S/C31H42N4O11S/c1-19(2)44-29(37)34-17-27(46-28(36)32-15-22-10-13-24(42-6)25(14-22)43-7)31(39)18-33(16-26(31)35(34)30(38)45-20(3)4)47(40,41)23-11-8-21(5)9-12-23/h8-14,19-20,26-27,39H,15-18H2,1-7H3,(H,32,36)/t26-,27+,31-/m1/s1. The molecule has 2 heterocycles. The molecular weight excluding hydrogens is 636 g/mol. The molecule has 2 aliphatic heterocycles. The van der Waals surface area contributed by atoms with Gasteiger partial charge in [0.05, 0.1) is 37.9 Å². The molecule has 0 saturated carbocycles. The van der Waals surface area contributed by atoms with Crippen molar-refractivity contribution >= 4 is 28.3 Å². The number of aryl methyl sites for hydroxylation is 1. The fraction of sp³-hybridized carbons (Fsp3) is 0.516. The second kappa shape index (κ2) is 14.2. The van der Waals surface area contributed by atoms with E-state index < -0.39 is 77.9 Å². The number of fused-ring (bicyclic) bond motifs is 1. The maximum Gasteiger partial charge on any atom is 0.429 e. The number of alkyl carbamates (subject to hydrolysis) is 1. The lowest BCUT2D eigenvalue weighted by Crippen LogP contribution is -2.73. The van der Waals surface area contributed by atoms with Crippen molar-refractivity contribution < 1.29 is 51.6 Å². The SMILES string of the molecule is COc1ccc(CNC(=O)O[C@H]2CN(C(=O)OC(C)C)N(C(=O)OC(C)C)[C@@H]3CN(S(=O)(=O)c4ccc(C)cc4)C[C@]23O)cc1OC. The van der Waals surface area contributed by atoms with Crippen LogP contribution in [0.2, 0.25) is 0 Å². The van der Waals surface area contributed by atoms with Gasteiger partial charge in [0.2, 0.25) is 10.0 Å². The third kappa shape index (κ3) is 7.66. The van der Waals surface area contributed by atoms with E-state index in [2.05, 4.69) is 5.32 Å². The van der Waals surface area contributed by atoms with Gasteiger partial charge in [-0.05, 0) is 64.4 Å². The van der Waals surface area contributed by atoms with Gasteiger partial charge in [0.1, 0.15) is 11.6 Å². The van der Waals surface area contributed by atoms with Gasteiger partial charge in [-0.15, -0.1) is 0 Å². The van der Waals surface area contributed by atoms with Gasteiger partial charge >= 0.3 is 18.3 Å². The third-order valence-corrected chi connectivity index (χ3v) is 9.52. The molecule has 2 aromatic rings. The van der Waals surface area contributed by atoms with Gasteiger partial charge in [0.15, 0.2) is 17.6 Å². The number of nitrogens with zero attached hydrogens (tertiary/aromatic N) is 3. The Morgan fingerprint density at radius 1 is 0.936 bits per heavy atom. The van der Waals surface area contributed by atoms with E-state index in [1.54, 1.807) is 58.0 Å². The Morgan fingerprint density at radius 3 is 2.15 bits per heavy atom. The van der Waals surface area contributed by atoms with E-state index in [1.165, 1.54) is 26.4 Å². The normalized spacial score (nSPS) is 21.3. The number of ether oxygens (including phenoxy) is 5. The van der Waals surface area contributed by atoms with Gasteiger partial charge in [0, 0.05) is 19.6 Å². The van der Waals surface area contributed by atoms with E-state index in [0.29, 0.717) is 17.1 Å². The van der Waals surface area contributed by atoms with Crippen LogP contribution >= 0.6 is 0 Å². The number of β-amino-alcohol motifs (C(OH)–C–C–N with tert-alkyl or cyclic N) is 1. The highest BCUT2D eigenvalue weighted by Gasteiger charge is 2.64. The van der Waals surface area contributed by atoms with Crippen LogP contribution < -0.4 is 14.8 Å². The zero-order chi connectivity index (χ0) is 34.7. The van der Waals surface area contributed by atoms with Crippen molar-refractivity contribution in [1.82, 2.24) is 19.6 Å². The van der Waals surface area contributed by atoms with Crippen LogP contribution in [0.5, 0.6) is 11.5 Å². The first-order valence-electron chi connectivity index (χ1n) is 15.0. The maximum atomic E-state index is 13.8. The average molecular weight is 679 g/mol. The Bertz CT molecular complexity index is 1570. The van der Waals surface area contributed by atoms with Gasteiger partial charge in [-0.25, -0.2) is 32.8 Å². The molecule has 2 N–H and O–H groups in total. The Labute approximate surface area is 274 Å². The number of rotatable bonds is 9. The predicted molar refractivity (Wildman–Crippen MR) is 167 cm³/mol. The summed E-state index contributed by atoms with van der Waals surface area (Å²) in [7, 11) is -1.24. The van der Waals surface area contributed by atoms with Gasteiger partial charge in [0.25, 0.3) is 0 Å². The highest BCUT2D eigenvalue weighted by atomic mass is 32.2. The minimum Gasteiger partial charge on any atom is -0.493 e.